The van der Waals surface area contributed by atoms with Crippen molar-refractivity contribution in [1.29, 1.82) is 0 Å². The van der Waals surface area contributed by atoms with Crippen molar-refractivity contribution < 1.29 is 9.90 Å². The molecule has 0 aliphatic carbocycles. The van der Waals surface area contributed by atoms with Gasteiger partial charge in [-0.05, 0) is 31.4 Å². The summed E-state index contributed by atoms with van der Waals surface area (Å²) in [7, 11) is 0. The molecular weight excluding hydrogens is 302 g/mol. The Morgan fingerprint density at radius 1 is 1.32 bits per heavy atom. The number of amides is 1. The third-order valence-corrected chi connectivity index (χ3v) is 5.04. The van der Waals surface area contributed by atoms with Crippen molar-refractivity contribution in [2.75, 3.05) is 37.7 Å². The molecule has 0 aromatic carbocycles. The maximum absolute atomic E-state index is 12.0. The van der Waals surface area contributed by atoms with Gasteiger partial charge >= 0.3 is 0 Å². The van der Waals surface area contributed by atoms with E-state index in [4.69, 9.17) is 16.7 Å². The summed E-state index contributed by atoms with van der Waals surface area (Å²) < 4.78 is 0. The summed E-state index contributed by atoms with van der Waals surface area (Å²) in [5.74, 6) is 1.12. The Hall–Kier alpha value is -1.33. The monoisotopic (exact) mass is 323 g/mol. The van der Waals surface area contributed by atoms with Crippen LogP contribution < -0.4 is 4.90 Å². The van der Waals surface area contributed by atoms with Crippen LogP contribution in [0.1, 0.15) is 25.7 Å². The molecule has 2 aliphatic rings. The number of aliphatic hydroxyl groups is 1. The maximum Gasteiger partial charge on any atom is 0.222 e. The lowest BCUT2D eigenvalue weighted by Gasteiger charge is -2.48. The summed E-state index contributed by atoms with van der Waals surface area (Å²) in [5, 5.41) is 9.80. The average molecular weight is 324 g/mol. The van der Waals surface area contributed by atoms with Crippen LogP contribution in [0.5, 0.6) is 0 Å². The highest BCUT2D eigenvalue weighted by Gasteiger charge is 2.41. The molecule has 0 radical (unpaired) electrons. The zero-order valence-corrected chi connectivity index (χ0v) is 13.4. The predicted molar refractivity (Wildman–Crippen MR) is 86.0 cm³/mol. The molecule has 3 rings (SSSR count). The molecule has 2 aliphatic heterocycles. The lowest BCUT2D eigenvalue weighted by molar-refractivity contribution is -0.138. The van der Waals surface area contributed by atoms with E-state index < -0.39 is 0 Å². The molecule has 1 aromatic heterocycles. The molecule has 120 valence electrons. The van der Waals surface area contributed by atoms with E-state index in [-0.39, 0.29) is 17.9 Å². The van der Waals surface area contributed by atoms with Crippen molar-refractivity contribution in [3.8, 4) is 0 Å². The van der Waals surface area contributed by atoms with Crippen LogP contribution in [-0.4, -0.2) is 53.7 Å². The van der Waals surface area contributed by atoms with Crippen LogP contribution >= 0.6 is 11.6 Å². The first-order valence-electron chi connectivity index (χ1n) is 7.87. The highest BCUT2D eigenvalue weighted by atomic mass is 35.5. The molecule has 1 amide bonds. The van der Waals surface area contributed by atoms with E-state index in [9.17, 15) is 4.79 Å². The SMILES string of the molecule is O=C1CCC2(CCCN(c3ccc(Cl)cn3)C2)CN1CCO. The van der Waals surface area contributed by atoms with Crippen molar-refractivity contribution in [3.05, 3.63) is 23.4 Å². The van der Waals surface area contributed by atoms with Crippen LogP contribution in [0, 0.1) is 5.41 Å². The first-order chi connectivity index (χ1) is 10.6. The Balaban J connectivity index is 1.74. The topological polar surface area (TPSA) is 56.7 Å². The van der Waals surface area contributed by atoms with Crippen LogP contribution in [0.25, 0.3) is 0 Å². The van der Waals surface area contributed by atoms with Crippen LogP contribution in [0.15, 0.2) is 18.3 Å². The fourth-order valence-corrected chi connectivity index (χ4v) is 3.83. The van der Waals surface area contributed by atoms with Gasteiger partial charge in [0.05, 0.1) is 11.6 Å². The van der Waals surface area contributed by atoms with Gasteiger partial charge in [-0.15, -0.1) is 0 Å². The van der Waals surface area contributed by atoms with Gasteiger partial charge in [-0.25, -0.2) is 4.98 Å². The number of halogens is 1. The number of hydrogen-bond donors (Lipinski definition) is 1. The number of hydrogen-bond acceptors (Lipinski definition) is 4. The lowest BCUT2D eigenvalue weighted by Crippen LogP contribution is -2.54. The van der Waals surface area contributed by atoms with Gasteiger partial charge in [-0.3, -0.25) is 4.79 Å². The van der Waals surface area contributed by atoms with Gasteiger partial charge in [0.2, 0.25) is 5.91 Å². The number of likely N-dealkylation sites (tertiary alicyclic amines) is 1. The van der Waals surface area contributed by atoms with Gasteiger partial charge in [0.25, 0.3) is 0 Å². The molecule has 0 saturated carbocycles. The number of nitrogens with zero attached hydrogens (tertiary/aromatic N) is 3. The zero-order valence-electron chi connectivity index (χ0n) is 12.7. The fraction of sp³-hybridized carbons (Fsp3) is 0.625. The summed E-state index contributed by atoms with van der Waals surface area (Å²) in [6, 6.07) is 3.83. The molecule has 3 heterocycles. The second-order valence-electron chi connectivity index (χ2n) is 6.40. The number of anilines is 1. The van der Waals surface area contributed by atoms with Crippen LogP contribution in [0.3, 0.4) is 0 Å². The largest absolute Gasteiger partial charge is 0.395 e. The average Bonchev–Trinajstić information content (AvgIpc) is 2.52. The molecular formula is C16H22ClN3O2. The van der Waals surface area contributed by atoms with E-state index in [0.29, 0.717) is 18.0 Å². The lowest BCUT2D eigenvalue weighted by atomic mass is 9.73. The Morgan fingerprint density at radius 3 is 2.91 bits per heavy atom. The normalized spacial score (nSPS) is 25.8. The van der Waals surface area contributed by atoms with Gasteiger partial charge in [0, 0.05) is 44.2 Å². The quantitative estimate of drug-likeness (QED) is 0.923. The standard InChI is InChI=1S/C16H22ClN3O2/c17-13-2-3-14(18-10-13)19-7-1-5-16(11-19)6-4-15(22)20(12-16)8-9-21/h2-3,10,21H,1,4-9,11-12H2. The summed E-state index contributed by atoms with van der Waals surface area (Å²) in [6.07, 6.45) is 5.43. The number of rotatable bonds is 3. The highest BCUT2D eigenvalue weighted by molar-refractivity contribution is 6.30. The Morgan fingerprint density at radius 2 is 2.18 bits per heavy atom. The van der Waals surface area contributed by atoms with Crippen LogP contribution in [0.2, 0.25) is 5.02 Å². The van der Waals surface area contributed by atoms with E-state index in [0.717, 1.165) is 44.7 Å². The number of carbonyl (C=O) groups excluding carboxylic acids is 1. The number of pyridine rings is 1. The number of aliphatic hydroxyl groups excluding tert-OH is 1. The highest BCUT2D eigenvalue weighted by Crippen LogP contribution is 2.39. The molecule has 0 bridgehead atoms. The van der Waals surface area contributed by atoms with E-state index in [1.165, 1.54) is 0 Å². The van der Waals surface area contributed by atoms with Gasteiger partial charge < -0.3 is 14.9 Å². The number of β-amino-alcohol motifs (C(OH)–C–C–N with tert-alkyl or cyclic N) is 1. The van der Waals surface area contributed by atoms with E-state index in [1.807, 2.05) is 17.0 Å². The zero-order chi connectivity index (χ0) is 15.6. The number of carbonyl (C=O) groups is 1. The Kier molecular flexibility index (Phi) is 4.54. The third kappa shape index (κ3) is 3.20. The summed E-state index contributed by atoms with van der Waals surface area (Å²) in [5.41, 5.74) is 0.128. The van der Waals surface area contributed by atoms with Crippen molar-refractivity contribution in [1.82, 2.24) is 9.88 Å². The molecule has 1 aromatic rings. The Labute approximate surface area is 135 Å². The second kappa shape index (κ2) is 6.42. The minimum atomic E-state index is 0.0320. The maximum atomic E-state index is 12.0. The fourth-order valence-electron chi connectivity index (χ4n) is 3.72. The van der Waals surface area contributed by atoms with Crippen molar-refractivity contribution in [2.24, 2.45) is 5.41 Å². The van der Waals surface area contributed by atoms with Gasteiger partial charge in [0.15, 0.2) is 0 Å². The van der Waals surface area contributed by atoms with Crippen LogP contribution in [0.4, 0.5) is 5.82 Å². The molecule has 6 heteroatoms. The van der Waals surface area contributed by atoms with Gasteiger partial charge in [0.1, 0.15) is 5.82 Å². The van der Waals surface area contributed by atoms with E-state index >= 15 is 0 Å². The van der Waals surface area contributed by atoms with Crippen LogP contribution in [-0.2, 0) is 4.79 Å². The van der Waals surface area contributed by atoms with Gasteiger partial charge in [-0.2, -0.15) is 0 Å². The number of piperidine rings is 2. The first-order valence-corrected chi connectivity index (χ1v) is 8.25. The number of aromatic nitrogens is 1. The molecule has 2 saturated heterocycles. The molecule has 1 atom stereocenters. The predicted octanol–water partition coefficient (Wildman–Crippen LogP) is 1.94. The summed E-state index contributed by atoms with van der Waals surface area (Å²) in [4.78, 5) is 20.5. The minimum Gasteiger partial charge on any atom is -0.395 e. The molecule has 1 unspecified atom stereocenters. The molecule has 1 spiro atoms. The molecule has 5 nitrogen and oxygen atoms in total. The summed E-state index contributed by atoms with van der Waals surface area (Å²) >= 11 is 5.91. The Bertz CT molecular complexity index is 537. The molecule has 22 heavy (non-hydrogen) atoms. The van der Waals surface area contributed by atoms with Gasteiger partial charge in [-0.1, -0.05) is 11.6 Å². The van der Waals surface area contributed by atoms with Crippen molar-refractivity contribution in [3.63, 3.8) is 0 Å². The molecule has 1 N–H and O–H groups in total. The van der Waals surface area contributed by atoms with Crippen molar-refractivity contribution in [2.45, 2.75) is 25.7 Å². The third-order valence-electron chi connectivity index (χ3n) is 4.82. The summed E-state index contributed by atoms with van der Waals surface area (Å²) in [6.45, 7) is 3.13. The smallest absolute Gasteiger partial charge is 0.222 e. The second-order valence-corrected chi connectivity index (χ2v) is 6.84. The molecule has 2 fully saturated rings. The van der Waals surface area contributed by atoms with E-state index in [2.05, 4.69) is 9.88 Å². The van der Waals surface area contributed by atoms with Crippen molar-refractivity contribution >= 4 is 23.3 Å². The first kappa shape index (κ1) is 15.6. The van der Waals surface area contributed by atoms with E-state index in [1.54, 1.807) is 6.20 Å². The minimum absolute atomic E-state index is 0.0320.